The number of aromatic hydroxyl groups is 1. The molecule has 1 N–H and O–H groups in total. The van der Waals surface area contributed by atoms with Crippen molar-refractivity contribution < 1.29 is 26.2 Å². The third-order valence-corrected chi connectivity index (χ3v) is 9.85. The zero-order valence-corrected chi connectivity index (χ0v) is 33.0. The van der Waals surface area contributed by atoms with E-state index in [0.29, 0.717) is 5.56 Å². The summed E-state index contributed by atoms with van der Waals surface area (Å²) in [5.74, 6) is 0.906. The normalized spacial score (nSPS) is 11.9. The fourth-order valence-electron chi connectivity index (χ4n) is 6.89. The number of phenolic OH excluding ortho intramolecular Hbond substituents is 1. The minimum absolute atomic E-state index is 0. The molecule has 3 heterocycles. The average molecular weight is 873 g/mol. The molecule has 0 aliphatic heterocycles. The predicted octanol–water partition coefficient (Wildman–Crippen LogP) is 11.7. The number of phenols is 1. The van der Waals surface area contributed by atoms with Crippen LogP contribution in [0.2, 0.25) is 0 Å². The molecule has 266 valence electrons. The monoisotopic (exact) mass is 872 g/mol. The molecule has 3 aromatic heterocycles. The zero-order valence-electron chi connectivity index (χ0n) is 30.8. The van der Waals surface area contributed by atoms with Crippen molar-refractivity contribution in [3.8, 4) is 56.2 Å². The van der Waals surface area contributed by atoms with Gasteiger partial charge >= 0.3 is 0 Å². The Hall–Kier alpha value is -5.38. The molecule has 8 aromatic rings. The molecular formula is C47H41N4OPt-. The minimum atomic E-state index is -0.0453. The van der Waals surface area contributed by atoms with Gasteiger partial charge in [0.05, 0.1) is 23.1 Å². The molecule has 0 bridgehead atoms. The van der Waals surface area contributed by atoms with Gasteiger partial charge in [0.2, 0.25) is 0 Å². The predicted molar refractivity (Wildman–Crippen MR) is 214 cm³/mol. The van der Waals surface area contributed by atoms with Gasteiger partial charge in [-0.1, -0.05) is 119 Å². The van der Waals surface area contributed by atoms with E-state index in [2.05, 4.69) is 125 Å². The van der Waals surface area contributed by atoms with Crippen LogP contribution in [0.4, 0.5) is 0 Å². The zero-order chi connectivity index (χ0) is 36.2. The number of rotatable bonds is 5. The minimum Gasteiger partial charge on any atom is -0.507 e. The number of hydrogen-bond donors (Lipinski definition) is 1. The maximum absolute atomic E-state index is 11.3. The Morgan fingerprint density at radius 3 is 2.08 bits per heavy atom. The smallest absolute Gasteiger partial charge is 0.123 e. The van der Waals surface area contributed by atoms with E-state index in [0.717, 1.165) is 66.8 Å². The largest absolute Gasteiger partial charge is 0.507 e. The van der Waals surface area contributed by atoms with E-state index >= 15 is 0 Å². The Kier molecular flexibility index (Phi) is 9.42. The number of benzene rings is 5. The average Bonchev–Trinajstić information content (AvgIpc) is 3.54. The van der Waals surface area contributed by atoms with Gasteiger partial charge in [0.1, 0.15) is 5.75 Å². The van der Waals surface area contributed by atoms with Gasteiger partial charge in [-0.2, -0.15) is 0 Å². The third kappa shape index (κ3) is 6.82. The van der Waals surface area contributed by atoms with E-state index in [4.69, 9.17) is 15.0 Å². The van der Waals surface area contributed by atoms with Crippen molar-refractivity contribution >= 4 is 21.9 Å². The molecule has 0 unspecified atom stereocenters. The quantitative estimate of drug-likeness (QED) is 0.175. The second kappa shape index (κ2) is 13.9. The fraction of sp³-hybridized carbons (Fsp3) is 0.170. The Morgan fingerprint density at radius 1 is 0.604 bits per heavy atom. The summed E-state index contributed by atoms with van der Waals surface area (Å²) in [4.78, 5) is 14.9. The van der Waals surface area contributed by atoms with Gasteiger partial charge in [0, 0.05) is 55.8 Å². The van der Waals surface area contributed by atoms with Gasteiger partial charge in [0.25, 0.3) is 0 Å². The molecule has 5 nitrogen and oxygen atoms in total. The molecular weight excluding hydrogens is 832 g/mol. The Bertz CT molecular complexity index is 2590. The molecule has 0 saturated heterocycles. The molecule has 0 atom stereocenters. The Labute approximate surface area is 325 Å². The molecule has 0 aliphatic rings. The van der Waals surface area contributed by atoms with Crippen molar-refractivity contribution in [2.75, 3.05) is 0 Å². The summed E-state index contributed by atoms with van der Waals surface area (Å²) in [6.07, 6.45) is 5.51. The maximum atomic E-state index is 11.3. The summed E-state index contributed by atoms with van der Waals surface area (Å²) in [6.45, 7) is 13.4. The first-order chi connectivity index (χ1) is 25.0. The van der Waals surface area contributed by atoms with Gasteiger partial charge in [-0.3, -0.25) is 15.0 Å². The summed E-state index contributed by atoms with van der Waals surface area (Å²) in [7, 11) is 0. The van der Waals surface area contributed by atoms with E-state index in [1.54, 1.807) is 12.3 Å². The van der Waals surface area contributed by atoms with Crippen LogP contribution >= 0.6 is 0 Å². The second-order valence-electron chi connectivity index (χ2n) is 15.5. The second-order valence-corrected chi connectivity index (χ2v) is 15.5. The van der Waals surface area contributed by atoms with Gasteiger partial charge in [-0.15, -0.1) is 29.8 Å². The van der Waals surface area contributed by atoms with E-state index in [-0.39, 0.29) is 37.6 Å². The first-order valence-electron chi connectivity index (χ1n) is 17.7. The van der Waals surface area contributed by atoms with E-state index in [1.165, 1.54) is 11.1 Å². The van der Waals surface area contributed by atoms with Crippen LogP contribution < -0.4 is 0 Å². The molecule has 5 aromatic carbocycles. The topological polar surface area (TPSA) is 63.8 Å². The summed E-state index contributed by atoms with van der Waals surface area (Å²) < 4.78 is 2.16. The molecule has 0 spiro atoms. The van der Waals surface area contributed by atoms with Crippen molar-refractivity contribution in [1.82, 2.24) is 19.5 Å². The first kappa shape index (κ1) is 36.0. The fourth-order valence-corrected chi connectivity index (χ4v) is 6.89. The van der Waals surface area contributed by atoms with Gasteiger partial charge in [-0.05, 0) is 68.8 Å². The van der Waals surface area contributed by atoms with Crippen molar-refractivity contribution in [1.29, 1.82) is 0 Å². The van der Waals surface area contributed by atoms with Gasteiger partial charge in [0.15, 0.2) is 0 Å². The summed E-state index contributed by atoms with van der Waals surface area (Å²) >= 11 is 0. The molecule has 0 radical (unpaired) electrons. The molecule has 0 amide bonds. The number of nitrogens with zero attached hydrogens (tertiary/aromatic N) is 4. The third-order valence-electron chi connectivity index (χ3n) is 9.85. The Morgan fingerprint density at radius 2 is 1.34 bits per heavy atom. The van der Waals surface area contributed by atoms with Crippen LogP contribution in [0.15, 0.2) is 134 Å². The summed E-state index contributed by atoms with van der Waals surface area (Å²) in [6, 6.07) is 43.2. The van der Waals surface area contributed by atoms with Crippen molar-refractivity contribution in [2.45, 2.75) is 52.4 Å². The Balaban J connectivity index is 0.00000435. The van der Waals surface area contributed by atoms with E-state index in [1.807, 2.05) is 48.8 Å². The standard InChI is InChI=1S/C47H41N4O.Pt/c1-46(2,3)35-18-20-37(21-19-35)51-41-29-48-28-40(39-26-31(17-22-42(39)52)30-12-8-7-9-13-30)44(41)50-45(51)34-15-10-14-32(24-34)38-27-36(47(4,5)6)25-33-16-11-23-49-43(33)38;/h7-23,25-29,52H,1-6H3;/q-1;. The van der Waals surface area contributed by atoms with Crippen LogP contribution in [0, 0.1) is 6.07 Å². The molecule has 0 aliphatic carbocycles. The molecule has 0 fully saturated rings. The molecule has 0 saturated carbocycles. The maximum Gasteiger partial charge on any atom is 0.123 e. The van der Waals surface area contributed by atoms with E-state index < -0.39 is 0 Å². The van der Waals surface area contributed by atoms with Gasteiger partial charge < -0.3 is 9.67 Å². The van der Waals surface area contributed by atoms with Crippen LogP contribution in [0.1, 0.15) is 52.7 Å². The van der Waals surface area contributed by atoms with Crippen LogP contribution in [-0.4, -0.2) is 24.6 Å². The summed E-state index contributed by atoms with van der Waals surface area (Å²) in [5, 5.41) is 12.4. The molecule has 6 heteroatoms. The van der Waals surface area contributed by atoms with Crippen LogP contribution in [-0.2, 0) is 31.9 Å². The van der Waals surface area contributed by atoms with Crippen LogP contribution in [0.5, 0.6) is 5.75 Å². The van der Waals surface area contributed by atoms with Gasteiger partial charge in [-0.25, -0.2) is 0 Å². The molecule has 53 heavy (non-hydrogen) atoms. The number of hydrogen-bond acceptors (Lipinski definition) is 4. The van der Waals surface area contributed by atoms with Crippen molar-refractivity contribution in [3.05, 3.63) is 151 Å². The number of imidazole rings is 1. The SMILES string of the molecule is CC(C)(C)c1ccc(-n2c(-c3[c-]c(-c4cc(C(C)(C)C)cc5cccnc45)ccc3)nc3c(-c4cc(-c5ccccc5)ccc4O)cncc32)cc1.[Pt]. The van der Waals surface area contributed by atoms with E-state index in [9.17, 15) is 5.11 Å². The van der Waals surface area contributed by atoms with Crippen LogP contribution in [0.25, 0.3) is 72.4 Å². The van der Waals surface area contributed by atoms with Crippen molar-refractivity contribution in [3.63, 3.8) is 0 Å². The number of aromatic nitrogens is 4. The van der Waals surface area contributed by atoms with Crippen molar-refractivity contribution in [2.24, 2.45) is 0 Å². The summed E-state index contributed by atoms with van der Waals surface area (Å²) in [5.41, 5.74) is 12.2. The number of fused-ring (bicyclic) bond motifs is 2. The first-order valence-corrected chi connectivity index (χ1v) is 17.7. The van der Waals surface area contributed by atoms with Crippen LogP contribution in [0.3, 0.4) is 0 Å². The number of pyridine rings is 2. The molecule has 8 rings (SSSR count).